The fraction of sp³-hybridized carbons (Fsp3) is 0.533. The molecule has 4 nitrogen and oxygen atoms in total. The number of benzene rings is 1. The van der Waals surface area contributed by atoms with Crippen LogP contribution in [0.5, 0.6) is 0 Å². The predicted octanol–water partition coefficient (Wildman–Crippen LogP) is 1.68. The molecule has 2 atom stereocenters. The number of hydrogen-bond acceptors (Lipinski definition) is 3. The summed E-state index contributed by atoms with van der Waals surface area (Å²) in [6.45, 7) is 0.142. The van der Waals surface area contributed by atoms with Crippen molar-refractivity contribution in [1.82, 2.24) is 0 Å². The van der Waals surface area contributed by atoms with Gasteiger partial charge in [-0.25, -0.2) is 0 Å². The number of anilines is 1. The summed E-state index contributed by atoms with van der Waals surface area (Å²) in [4.78, 5) is 12.2. The zero-order valence-electron chi connectivity index (χ0n) is 11.1. The molecule has 2 rings (SSSR count). The zero-order valence-corrected chi connectivity index (χ0v) is 11.1. The van der Waals surface area contributed by atoms with Gasteiger partial charge in [0.05, 0.1) is 5.92 Å². The molecular formula is C15H22N2O2. The van der Waals surface area contributed by atoms with E-state index in [9.17, 15) is 4.79 Å². The molecule has 1 aliphatic rings. The van der Waals surface area contributed by atoms with Crippen LogP contribution in [0.25, 0.3) is 0 Å². The van der Waals surface area contributed by atoms with Gasteiger partial charge in [0, 0.05) is 18.3 Å². The quantitative estimate of drug-likeness (QED) is 0.772. The summed E-state index contributed by atoms with van der Waals surface area (Å²) < 4.78 is 0. The highest BCUT2D eigenvalue weighted by atomic mass is 16.2. The smallest absolute Gasteiger partial charge is 0.229 e. The second kappa shape index (κ2) is 6.68. The minimum atomic E-state index is -0.0640. The van der Waals surface area contributed by atoms with Crippen molar-refractivity contribution in [2.24, 2.45) is 11.7 Å². The molecule has 1 aromatic rings. The molecule has 0 saturated heterocycles. The standard InChI is InChI=1S/C15H22N2O2/c16-14-4-2-1-3-13(14)15(19)17-12-7-5-11(6-8-12)9-10-18/h5-8,13-14,18H,1-4,9-10,16H2,(H,17,19). The highest BCUT2D eigenvalue weighted by Crippen LogP contribution is 2.24. The van der Waals surface area contributed by atoms with Gasteiger partial charge in [0.15, 0.2) is 0 Å². The molecule has 0 heterocycles. The molecule has 0 aliphatic heterocycles. The van der Waals surface area contributed by atoms with Gasteiger partial charge in [0.2, 0.25) is 5.91 Å². The minimum Gasteiger partial charge on any atom is -0.396 e. The number of aliphatic hydroxyl groups excluding tert-OH is 1. The summed E-state index contributed by atoms with van der Waals surface area (Å²) >= 11 is 0. The number of nitrogens with two attached hydrogens (primary N) is 1. The Labute approximate surface area is 114 Å². The molecule has 0 spiro atoms. The van der Waals surface area contributed by atoms with E-state index < -0.39 is 0 Å². The Morgan fingerprint density at radius 1 is 1.26 bits per heavy atom. The summed E-state index contributed by atoms with van der Waals surface area (Å²) in [6, 6.07) is 7.58. The maximum absolute atomic E-state index is 12.2. The molecule has 19 heavy (non-hydrogen) atoms. The van der Waals surface area contributed by atoms with Gasteiger partial charge >= 0.3 is 0 Å². The first-order valence-corrected chi connectivity index (χ1v) is 6.97. The van der Waals surface area contributed by atoms with Crippen LogP contribution in [0.2, 0.25) is 0 Å². The van der Waals surface area contributed by atoms with Crippen molar-refractivity contribution in [2.45, 2.75) is 38.1 Å². The van der Waals surface area contributed by atoms with E-state index in [1.807, 2.05) is 24.3 Å². The fourth-order valence-electron chi connectivity index (χ4n) is 2.60. The molecule has 0 radical (unpaired) electrons. The molecule has 1 amide bonds. The van der Waals surface area contributed by atoms with Gasteiger partial charge in [0.1, 0.15) is 0 Å². The van der Waals surface area contributed by atoms with Crippen molar-refractivity contribution < 1.29 is 9.90 Å². The van der Waals surface area contributed by atoms with E-state index in [-0.39, 0.29) is 24.5 Å². The summed E-state index contributed by atoms with van der Waals surface area (Å²) in [7, 11) is 0. The zero-order chi connectivity index (χ0) is 13.7. The Balaban J connectivity index is 1.94. The Bertz CT molecular complexity index is 417. The van der Waals surface area contributed by atoms with Crippen molar-refractivity contribution in [3.63, 3.8) is 0 Å². The van der Waals surface area contributed by atoms with Gasteiger partial charge in [-0.05, 0) is 37.0 Å². The average Bonchev–Trinajstić information content (AvgIpc) is 2.42. The van der Waals surface area contributed by atoms with Gasteiger partial charge < -0.3 is 16.2 Å². The minimum absolute atomic E-state index is 0.0117. The van der Waals surface area contributed by atoms with Gasteiger partial charge in [-0.15, -0.1) is 0 Å². The van der Waals surface area contributed by atoms with E-state index in [0.717, 1.165) is 36.9 Å². The van der Waals surface area contributed by atoms with E-state index in [1.165, 1.54) is 0 Å². The van der Waals surface area contributed by atoms with E-state index in [2.05, 4.69) is 5.32 Å². The first kappa shape index (κ1) is 14.0. The van der Waals surface area contributed by atoms with Crippen molar-refractivity contribution in [2.75, 3.05) is 11.9 Å². The lowest BCUT2D eigenvalue weighted by Gasteiger charge is -2.27. The summed E-state index contributed by atoms with van der Waals surface area (Å²) in [5.41, 5.74) is 7.87. The number of carbonyl (C=O) groups is 1. The van der Waals surface area contributed by atoms with Crippen LogP contribution in [0.1, 0.15) is 31.2 Å². The van der Waals surface area contributed by atoms with Crippen LogP contribution in [0.3, 0.4) is 0 Å². The second-order valence-corrected chi connectivity index (χ2v) is 5.21. The van der Waals surface area contributed by atoms with E-state index in [0.29, 0.717) is 6.42 Å². The molecule has 4 heteroatoms. The molecule has 104 valence electrons. The van der Waals surface area contributed by atoms with Crippen molar-refractivity contribution in [3.05, 3.63) is 29.8 Å². The monoisotopic (exact) mass is 262 g/mol. The molecule has 1 fully saturated rings. The number of nitrogens with one attached hydrogen (secondary N) is 1. The molecule has 2 unspecified atom stereocenters. The molecule has 1 aromatic carbocycles. The van der Waals surface area contributed by atoms with E-state index in [4.69, 9.17) is 10.8 Å². The van der Waals surface area contributed by atoms with Crippen molar-refractivity contribution in [3.8, 4) is 0 Å². The third-order valence-corrected chi connectivity index (χ3v) is 3.78. The lowest BCUT2D eigenvalue weighted by Crippen LogP contribution is -2.40. The van der Waals surface area contributed by atoms with Gasteiger partial charge in [-0.1, -0.05) is 25.0 Å². The van der Waals surface area contributed by atoms with E-state index >= 15 is 0 Å². The predicted molar refractivity (Wildman–Crippen MR) is 75.8 cm³/mol. The molecule has 0 bridgehead atoms. The summed E-state index contributed by atoms with van der Waals surface area (Å²) in [5.74, 6) is -0.0343. The SMILES string of the molecule is NC1CCCCC1C(=O)Nc1ccc(CCO)cc1. The fourth-order valence-corrected chi connectivity index (χ4v) is 2.60. The maximum atomic E-state index is 12.2. The summed E-state index contributed by atoms with van der Waals surface area (Å²) in [6.07, 6.45) is 4.67. The number of hydrogen-bond donors (Lipinski definition) is 3. The molecule has 4 N–H and O–H groups in total. The lowest BCUT2D eigenvalue weighted by molar-refractivity contribution is -0.121. The first-order chi connectivity index (χ1) is 9.20. The van der Waals surface area contributed by atoms with Crippen molar-refractivity contribution in [1.29, 1.82) is 0 Å². The Kier molecular flexibility index (Phi) is 4.93. The van der Waals surface area contributed by atoms with Crippen LogP contribution in [-0.4, -0.2) is 23.7 Å². The van der Waals surface area contributed by atoms with Crippen LogP contribution in [0, 0.1) is 5.92 Å². The Morgan fingerprint density at radius 2 is 1.95 bits per heavy atom. The molecule has 1 saturated carbocycles. The maximum Gasteiger partial charge on any atom is 0.229 e. The third kappa shape index (κ3) is 3.78. The highest BCUT2D eigenvalue weighted by molar-refractivity contribution is 5.93. The molecule has 0 aromatic heterocycles. The number of rotatable bonds is 4. The normalized spacial score (nSPS) is 23.1. The van der Waals surface area contributed by atoms with Crippen LogP contribution in [-0.2, 0) is 11.2 Å². The third-order valence-electron chi connectivity index (χ3n) is 3.78. The number of amides is 1. The Hall–Kier alpha value is -1.39. The molecule has 1 aliphatic carbocycles. The van der Waals surface area contributed by atoms with Gasteiger partial charge in [-0.2, -0.15) is 0 Å². The van der Waals surface area contributed by atoms with Crippen LogP contribution in [0.15, 0.2) is 24.3 Å². The van der Waals surface area contributed by atoms with Gasteiger partial charge in [0.25, 0.3) is 0 Å². The van der Waals surface area contributed by atoms with Gasteiger partial charge in [-0.3, -0.25) is 4.79 Å². The second-order valence-electron chi connectivity index (χ2n) is 5.21. The summed E-state index contributed by atoms with van der Waals surface area (Å²) in [5, 5.41) is 11.8. The topological polar surface area (TPSA) is 75.4 Å². The highest BCUT2D eigenvalue weighted by Gasteiger charge is 2.28. The molecular weight excluding hydrogens is 240 g/mol. The number of carbonyl (C=O) groups excluding carboxylic acids is 1. The Morgan fingerprint density at radius 3 is 2.58 bits per heavy atom. The van der Waals surface area contributed by atoms with Crippen LogP contribution >= 0.6 is 0 Å². The van der Waals surface area contributed by atoms with Crippen molar-refractivity contribution >= 4 is 11.6 Å². The number of aliphatic hydroxyl groups is 1. The average molecular weight is 262 g/mol. The van der Waals surface area contributed by atoms with Crippen LogP contribution in [0.4, 0.5) is 5.69 Å². The largest absolute Gasteiger partial charge is 0.396 e. The van der Waals surface area contributed by atoms with Crippen LogP contribution < -0.4 is 11.1 Å². The first-order valence-electron chi connectivity index (χ1n) is 6.97. The van der Waals surface area contributed by atoms with E-state index in [1.54, 1.807) is 0 Å². The lowest BCUT2D eigenvalue weighted by atomic mass is 9.84.